The van der Waals surface area contributed by atoms with Gasteiger partial charge >= 0.3 is 0 Å². The maximum absolute atomic E-state index is 12.3. The van der Waals surface area contributed by atoms with E-state index in [1.54, 1.807) is 17.4 Å². The second-order valence-corrected chi connectivity index (χ2v) is 6.15. The van der Waals surface area contributed by atoms with Crippen molar-refractivity contribution in [3.63, 3.8) is 0 Å². The van der Waals surface area contributed by atoms with Crippen molar-refractivity contribution in [2.45, 2.75) is 33.7 Å². The van der Waals surface area contributed by atoms with E-state index in [4.69, 9.17) is 5.73 Å². The molecule has 0 spiro atoms. The Labute approximate surface area is 123 Å². The van der Waals surface area contributed by atoms with Crippen LogP contribution in [0.25, 0.3) is 0 Å². The van der Waals surface area contributed by atoms with E-state index >= 15 is 0 Å². The van der Waals surface area contributed by atoms with Crippen molar-refractivity contribution in [2.24, 2.45) is 0 Å². The normalized spacial score (nSPS) is 12.2. The summed E-state index contributed by atoms with van der Waals surface area (Å²) in [6.45, 7) is 7.78. The molecule has 4 nitrogen and oxygen atoms in total. The van der Waals surface area contributed by atoms with Gasteiger partial charge in [0.2, 0.25) is 0 Å². The summed E-state index contributed by atoms with van der Waals surface area (Å²) in [5, 5.41) is 3.99. The van der Waals surface area contributed by atoms with E-state index in [1.807, 2.05) is 39.8 Å². The lowest BCUT2D eigenvalue weighted by Gasteiger charge is -2.14. The fourth-order valence-corrected chi connectivity index (χ4v) is 3.10. The molecule has 0 aliphatic rings. The zero-order valence-corrected chi connectivity index (χ0v) is 13.0. The van der Waals surface area contributed by atoms with Crippen molar-refractivity contribution in [3.8, 4) is 0 Å². The molecule has 1 unspecified atom stereocenters. The number of rotatable bonds is 3. The number of benzene rings is 1. The van der Waals surface area contributed by atoms with Crippen LogP contribution in [0.1, 0.15) is 44.5 Å². The maximum Gasteiger partial charge on any atom is 0.253 e. The van der Waals surface area contributed by atoms with E-state index in [0.29, 0.717) is 11.3 Å². The summed E-state index contributed by atoms with van der Waals surface area (Å²) in [5.41, 5.74) is 8.90. The summed E-state index contributed by atoms with van der Waals surface area (Å²) in [7, 11) is 0. The van der Waals surface area contributed by atoms with Gasteiger partial charge in [-0.2, -0.15) is 0 Å². The van der Waals surface area contributed by atoms with Gasteiger partial charge in [-0.05, 0) is 39.3 Å². The topological polar surface area (TPSA) is 68.0 Å². The van der Waals surface area contributed by atoms with Gasteiger partial charge in [-0.15, -0.1) is 11.3 Å². The second kappa shape index (κ2) is 5.63. The Balaban J connectivity index is 2.19. The van der Waals surface area contributed by atoms with Gasteiger partial charge in [-0.3, -0.25) is 4.79 Å². The van der Waals surface area contributed by atoms with Crippen molar-refractivity contribution in [2.75, 3.05) is 5.73 Å². The molecule has 106 valence electrons. The smallest absolute Gasteiger partial charge is 0.253 e. The van der Waals surface area contributed by atoms with Crippen LogP contribution in [-0.2, 0) is 0 Å². The highest BCUT2D eigenvalue weighted by molar-refractivity contribution is 7.11. The van der Waals surface area contributed by atoms with E-state index in [0.717, 1.165) is 21.1 Å². The molecule has 20 heavy (non-hydrogen) atoms. The lowest BCUT2D eigenvalue weighted by Crippen LogP contribution is -2.27. The molecule has 5 heteroatoms. The van der Waals surface area contributed by atoms with E-state index in [1.165, 1.54) is 0 Å². The van der Waals surface area contributed by atoms with E-state index in [9.17, 15) is 4.79 Å². The predicted molar refractivity (Wildman–Crippen MR) is 83.1 cm³/mol. The highest BCUT2D eigenvalue weighted by Gasteiger charge is 2.17. The number of hydrogen-bond acceptors (Lipinski definition) is 4. The van der Waals surface area contributed by atoms with Gasteiger partial charge in [0.15, 0.2) is 0 Å². The minimum Gasteiger partial charge on any atom is -0.398 e. The number of nitrogens with two attached hydrogens (primary N) is 1. The molecule has 0 saturated heterocycles. The Morgan fingerprint density at radius 2 is 2.05 bits per heavy atom. The first kappa shape index (κ1) is 14.5. The molecule has 0 radical (unpaired) electrons. The van der Waals surface area contributed by atoms with Crippen LogP contribution in [0.4, 0.5) is 5.69 Å². The van der Waals surface area contributed by atoms with Gasteiger partial charge in [-0.25, -0.2) is 4.98 Å². The first-order chi connectivity index (χ1) is 9.40. The van der Waals surface area contributed by atoms with Gasteiger partial charge in [0.05, 0.1) is 22.3 Å². The van der Waals surface area contributed by atoms with Crippen LogP contribution in [0, 0.1) is 20.8 Å². The van der Waals surface area contributed by atoms with Crippen LogP contribution >= 0.6 is 11.3 Å². The fraction of sp³-hybridized carbons (Fsp3) is 0.333. The summed E-state index contributed by atoms with van der Waals surface area (Å²) in [6, 6.07) is 5.41. The number of nitrogen functional groups attached to an aromatic ring is 1. The van der Waals surface area contributed by atoms with Crippen LogP contribution in [0.3, 0.4) is 0 Å². The second-order valence-electron chi connectivity index (χ2n) is 4.91. The molecule has 0 saturated carbocycles. The van der Waals surface area contributed by atoms with Crippen LogP contribution in [0.5, 0.6) is 0 Å². The quantitative estimate of drug-likeness (QED) is 0.853. The van der Waals surface area contributed by atoms with E-state index in [2.05, 4.69) is 10.3 Å². The average molecular weight is 289 g/mol. The molecule has 1 atom stereocenters. The molecule has 1 aromatic heterocycles. The number of thiazole rings is 1. The fourth-order valence-electron chi connectivity index (χ4n) is 2.17. The molecule has 2 aromatic rings. The van der Waals surface area contributed by atoms with E-state index in [-0.39, 0.29) is 11.9 Å². The van der Waals surface area contributed by atoms with Crippen LogP contribution in [0.2, 0.25) is 0 Å². The molecular formula is C15H19N3OS. The number of aryl methyl sites for hydroxylation is 3. The predicted octanol–water partition coefficient (Wildman–Crippen LogP) is 3.14. The number of carbonyl (C=O) groups is 1. The minimum absolute atomic E-state index is 0.0754. The Bertz CT molecular complexity index is 649. The average Bonchev–Trinajstić information content (AvgIpc) is 2.71. The highest BCUT2D eigenvalue weighted by Crippen LogP contribution is 2.25. The highest BCUT2D eigenvalue weighted by atomic mass is 32.1. The molecule has 0 aliphatic heterocycles. The van der Waals surface area contributed by atoms with Crippen LogP contribution < -0.4 is 11.1 Å². The summed E-state index contributed by atoms with van der Waals surface area (Å²) in [4.78, 5) is 17.8. The number of aromatic nitrogens is 1. The molecular weight excluding hydrogens is 270 g/mol. The summed E-state index contributed by atoms with van der Waals surface area (Å²) < 4.78 is 0. The molecule has 1 aromatic carbocycles. The Hall–Kier alpha value is -1.88. The van der Waals surface area contributed by atoms with Crippen molar-refractivity contribution in [1.29, 1.82) is 0 Å². The number of nitrogens with zero attached hydrogens (tertiary/aromatic N) is 1. The SMILES string of the molecule is Cc1nc(C)c(C(C)NC(=O)c2cccc(C)c2N)s1. The third-order valence-corrected chi connectivity index (χ3v) is 4.50. The molecule has 1 heterocycles. The Morgan fingerprint density at radius 1 is 1.35 bits per heavy atom. The largest absolute Gasteiger partial charge is 0.398 e. The number of hydrogen-bond donors (Lipinski definition) is 2. The first-order valence-corrected chi connectivity index (χ1v) is 7.31. The molecule has 3 N–H and O–H groups in total. The standard InChI is InChI=1S/C15H19N3OS/c1-8-6-5-7-12(13(8)16)15(19)18-10(3)14-9(2)17-11(4)20-14/h5-7,10H,16H2,1-4H3,(H,18,19). The number of amides is 1. The number of anilines is 1. The summed E-state index contributed by atoms with van der Waals surface area (Å²) >= 11 is 1.61. The summed E-state index contributed by atoms with van der Waals surface area (Å²) in [5.74, 6) is -0.149. The number of para-hydroxylation sites is 1. The lowest BCUT2D eigenvalue weighted by molar-refractivity contribution is 0.0941. The van der Waals surface area contributed by atoms with Crippen LogP contribution in [-0.4, -0.2) is 10.9 Å². The number of carbonyl (C=O) groups excluding carboxylic acids is 1. The number of nitrogens with one attached hydrogen (secondary N) is 1. The Kier molecular flexibility index (Phi) is 4.09. The molecule has 0 fully saturated rings. The van der Waals surface area contributed by atoms with Gasteiger partial charge in [-0.1, -0.05) is 12.1 Å². The molecule has 2 rings (SSSR count). The van der Waals surface area contributed by atoms with Gasteiger partial charge in [0.1, 0.15) is 0 Å². The van der Waals surface area contributed by atoms with E-state index < -0.39 is 0 Å². The van der Waals surface area contributed by atoms with Gasteiger partial charge in [0.25, 0.3) is 5.91 Å². The van der Waals surface area contributed by atoms with Crippen molar-refractivity contribution in [1.82, 2.24) is 10.3 Å². The lowest BCUT2D eigenvalue weighted by atomic mass is 10.1. The molecule has 1 amide bonds. The van der Waals surface area contributed by atoms with Gasteiger partial charge in [0, 0.05) is 10.6 Å². The zero-order valence-electron chi connectivity index (χ0n) is 12.2. The third kappa shape index (κ3) is 2.82. The van der Waals surface area contributed by atoms with Crippen molar-refractivity contribution >= 4 is 22.9 Å². The first-order valence-electron chi connectivity index (χ1n) is 6.50. The summed E-state index contributed by atoms with van der Waals surface area (Å²) in [6.07, 6.45) is 0. The van der Waals surface area contributed by atoms with Gasteiger partial charge < -0.3 is 11.1 Å². The molecule has 0 aliphatic carbocycles. The third-order valence-electron chi connectivity index (χ3n) is 3.25. The minimum atomic E-state index is -0.149. The zero-order chi connectivity index (χ0) is 14.9. The molecule has 0 bridgehead atoms. The van der Waals surface area contributed by atoms with Crippen molar-refractivity contribution < 1.29 is 4.79 Å². The van der Waals surface area contributed by atoms with Crippen molar-refractivity contribution in [3.05, 3.63) is 44.9 Å². The monoisotopic (exact) mass is 289 g/mol. The Morgan fingerprint density at radius 3 is 2.65 bits per heavy atom. The maximum atomic E-state index is 12.3. The van der Waals surface area contributed by atoms with Crippen LogP contribution in [0.15, 0.2) is 18.2 Å².